The number of imidazole rings is 1. The molecule has 0 radical (unpaired) electrons. The van der Waals surface area contributed by atoms with Crippen molar-refractivity contribution in [2.45, 2.75) is 26.2 Å². The third-order valence-electron chi connectivity index (χ3n) is 4.92. The molecule has 0 spiro atoms. The van der Waals surface area contributed by atoms with Crippen LogP contribution in [0.15, 0.2) is 79.4 Å². The van der Waals surface area contributed by atoms with E-state index < -0.39 is 0 Å². The third kappa shape index (κ3) is 3.89. The van der Waals surface area contributed by atoms with E-state index in [1.165, 1.54) is 0 Å². The molecule has 142 valence electrons. The lowest BCUT2D eigenvalue weighted by molar-refractivity contribution is 0.102. The van der Waals surface area contributed by atoms with E-state index in [0.717, 1.165) is 28.1 Å². The Bertz CT molecular complexity index is 1020. The van der Waals surface area contributed by atoms with Gasteiger partial charge in [0.15, 0.2) is 0 Å². The Kier molecular flexibility index (Phi) is 5.35. The molecule has 0 saturated carbocycles. The molecule has 0 amide bonds. The van der Waals surface area contributed by atoms with Crippen molar-refractivity contribution in [3.05, 3.63) is 96.2 Å². The first-order valence-corrected chi connectivity index (χ1v) is 9.43. The second-order valence-electron chi connectivity index (χ2n) is 6.91. The van der Waals surface area contributed by atoms with E-state index in [0.29, 0.717) is 13.2 Å². The van der Waals surface area contributed by atoms with Gasteiger partial charge in [-0.2, -0.15) is 5.10 Å². The fraction of sp³-hybridized carbons (Fsp3) is 0.217. The number of rotatable bonds is 7. The Morgan fingerprint density at radius 2 is 1.68 bits per heavy atom. The minimum atomic E-state index is 0.119. The highest BCUT2D eigenvalue weighted by Crippen LogP contribution is 2.28. The van der Waals surface area contributed by atoms with Gasteiger partial charge in [0.2, 0.25) is 0 Å². The van der Waals surface area contributed by atoms with Crippen molar-refractivity contribution in [3.8, 4) is 11.3 Å². The standard InChI is InChI=1S/C23H24N4O/c1-18(21-13-25-26(2)14-21)27-17-24-23(20-11-7-4-8-12-20)22(27)16-28-15-19-9-5-3-6-10-19/h3-14,17-18H,15-16H2,1-2H3/t18-/m0/s1. The molecule has 0 aliphatic rings. The van der Waals surface area contributed by atoms with Gasteiger partial charge in [-0.25, -0.2) is 4.98 Å². The van der Waals surface area contributed by atoms with Gasteiger partial charge in [0.05, 0.1) is 43.2 Å². The molecular formula is C23H24N4O. The summed E-state index contributed by atoms with van der Waals surface area (Å²) < 4.78 is 10.1. The minimum Gasteiger partial charge on any atom is -0.370 e. The summed E-state index contributed by atoms with van der Waals surface area (Å²) in [6.45, 7) is 3.22. The number of hydrogen-bond acceptors (Lipinski definition) is 3. The highest BCUT2D eigenvalue weighted by atomic mass is 16.5. The first kappa shape index (κ1) is 18.2. The molecule has 0 unspecified atom stereocenters. The number of aryl methyl sites for hydroxylation is 1. The van der Waals surface area contributed by atoms with Crippen molar-refractivity contribution in [2.24, 2.45) is 7.05 Å². The summed E-state index contributed by atoms with van der Waals surface area (Å²) in [6, 6.07) is 20.6. The van der Waals surface area contributed by atoms with E-state index in [2.05, 4.69) is 40.9 Å². The summed E-state index contributed by atoms with van der Waals surface area (Å²) in [5.41, 5.74) is 5.43. The molecule has 0 aliphatic carbocycles. The van der Waals surface area contributed by atoms with Crippen LogP contribution < -0.4 is 0 Å². The van der Waals surface area contributed by atoms with E-state index in [1.807, 2.05) is 66.8 Å². The van der Waals surface area contributed by atoms with E-state index in [4.69, 9.17) is 9.72 Å². The molecule has 0 aliphatic heterocycles. The summed E-state index contributed by atoms with van der Waals surface area (Å²) >= 11 is 0. The van der Waals surface area contributed by atoms with Crippen molar-refractivity contribution in [1.29, 1.82) is 0 Å². The predicted molar refractivity (Wildman–Crippen MR) is 110 cm³/mol. The summed E-state index contributed by atoms with van der Waals surface area (Å²) in [5, 5.41) is 4.31. The summed E-state index contributed by atoms with van der Waals surface area (Å²) in [7, 11) is 1.93. The first-order chi connectivity index (χ1) is 13.7. The van der Waals surface area contributed by atoms with Gasteiger partial charge in [0.1, 0.15) is 0 Å². The number of aromatic nitrogens is 4. The Morgan fingerprint density at radius 1 is 0.964 bits per heavy atom. The van der Waals surface area contributed by atoms with Crippen molar-refractivity contribution in [2.75, 3.05) is 0 Å². The third-order valence-corrected chi connectivity index (χ3v) is 4.92. The molecule has 4 rings (SSSR count). The van der Waals surface area contributed by atoms with Crippen LogP contribution in [0.5, 0.6) is 0 Å². The van der Waals surface area contributed by atoms with E-state index in [-0.39, 0.29) is 6.04 Å². The van der Waals surface area contributed by atoms with Crippen LogP contribution in [0.2, 0.25) is 0 Å². The number of nitrogens with zero attached hydrogens (tertiary/aromatic N) is 4. The smallest absolute Gasteiger partial charge is 0.0962 e. The van der Waals surface area contributed by atoms with Gasteiger partial charge in [-0.05, 0) is 12.5 Å². The Labute approximate surface area is 165 Å². The number of hydrogen-bond donors (Lipinski definition) is 0. The SMILES string of the molecule is C[C@@H](c1cnn(C)c1)n1cnc(-c2ccccc2)c1COCc1ccccc1. The molecular weight excluding hydrogens is 348 g/mol. The van der Waals surface area contributed by atoms with Gasteiger partial charge in [-0.3, -0.25) is 4.68 Å². The van der Waals surface area contributed by atoms with Crippen LogP contribution in [-0.4, -0.2) is 19.3 Å². The van der Waals surface area contributed by atoms with Gasteiger partial charge in [0, 0.05) is 24.4 Å². The van der Waals surface area contributed by atoms with Crippen LogP contribution >= 0.6 is 0 Å². The van der Waals surface area contributed by atoms with Crippen LogP contribution in [0, 0.1) is 0 Å². The Balaban J connectivity index is 1.63. The minimum absolute atomic E-state index is 0.119. The van der Waals surface area contributed by atoms with Crippen LogP contribution in [-0.2, 0) is 25.0 Å². The molecule has 0 saturated heterocycles. The molecule has 28 heavy (non-hydrogen) atoms. The Hall–Kier alpha value is -3.18. The normalized spacial score (nSPS) is 12.2. The van der Waals surface area contributed by atoms with Crippen LogP contribution in [0.3, 0.4) is 0 Å². The summed E-state index contributed by atoms with van der Waals surface area (Å²) in [6.07, 6.45) is 5.85. The monoisotopic (exact) mass is 372 g/mol. The maximum absolute atomic E-state index is 6.08. The zero-order chi connectivity index (χ0) is 19.3. The van der Waals surface area contributed by atoms with E-state index >= 15 is 0 Å². The maximum Gasteiger partial charge on any atom is 0.0962 e. The number of benzene rings is 2. The van der Waals surface area contributed by atoms with Crippen molar-refractivity contribution in [3.63, 3.8) is 0 Å². The van der Waals surface area contributed by atoms with Gasteiger partial charge in [-0.15, -0.1) is 0 Å². The van der Waals surface area contributed by atoms with Gasteiger partial charge in [0.25, 0.3) is 0 Å². The molecule has 2 heterocycles. The molecule has 4 aromatic rings. The lowest BCUT2D eigenvalue weighted by Gasteiger charge is -2.16. The van der Waals surface area contributed by atoms with Gasteiger partial charge < -0.3 is 9.30 Å². The molecule has 2 aromatic carbocycles. The fourth-order valence-corrected chi connectivity index (χ4v) is 3.36. The highest BCUT2D eigenvalue weighted by molar-refractivity contribution is 5.61. The zero-order valence-electron chi connectivity index (χ0n) is 16.2. The second-order valence-corrected chi connectivity index (χ2v) is 6.91. The largest absolute Gasteiger partial charge is 0.370 e. The molecule has 0 bridgehead atoms. The molecule has 1 atom stereocenters. The topological polar surface area (TPSA) is 44.9 Å². The van der Waals surface area contributed by atoms with Crippen molar-refractivity contribution in [1.82, 2.24) is 19.3 Å². The quantitative estimate of drug-likeness (QED) is 0.476. The van der Waals surface area contributed by atoms with Crippen LogP contribution in [0.25, 0.3) is 11.3 Å². The molecule has 0 fully saturated rings. The van der Waals surface area contributed by atoms with E-state index in [9.17, 15) is 0 Å². The van der Waals surface area contributed by atoms with Gasteiger partial charge >= 0.3 is 0 Å². The lowest BCUT2D eigenvalue weighted by Crippen LogP contribution is -2.10. The van der Waals surface area contributed by atoms with Crippen molar-refractivity contribution >= 4 is 0 Å². The average molecular weight is 372 g/mol. The highest BCUT2D eigenvalue weighted by Gasteiger charge is 2.19. The van der Waals surface area contributed by atoms with Crippen molar-refractivity contribution < 1.29 is 4.74 Å². The molecule has 5 heteroatoms. The summed E-state index contributed by atoms with van der Waals surface area (Å²) in [4.78, 5) is 4.72. The Morgan fingerprint density at radius 3 is 2.36 bits per heavy atom. The fourth-order valence-electron chi connectivity index (χ4n) is 3.36. The predicted octanol–water partition coefficient (Wildman–Crippen LogP) is 4.61. The molecule has 5 nitrogen and oxygen atoms in total. The van der Waals surface area contributed by atoms with Crippen LogP contribution in [0.4, 0.5) is 0 Å². The lowest BCUT2D eigenvalue weighted by atomic mass is 10.1. The average Bonchev–Trinajstić information content (AvgIpc) is 3.35. The first-order valence-electron chi connectivity index (χ1n) is 9.43. The zero-order valence-corrected chi connectivity index (χ0v) is 16.2. The second kappa shape index (κ2) is 8.23. The van der Waals surface area contributed by atoms with Gasteiger partial charge in [-0.1, -0.05) is 60.7 Å². The maximum atomic E-state index is 6.08. The molecule has 2 aromatic heterocycles. The van der Waals surface area contributed by atoms with Crippen LogP contribution in [0.1, 0.15) is 29.8 Å². The van der Waals surface area contributed by atoms with E-state index in [1.54, 1.807) is 0 Å². The number of ether oxygens (including phenoxy) is 1. The molecule has 0 N–H and O–H groups in total. The summed E-state index contributed by atoms with van der Waals surface area (Å²) in [5.74, 6) is 0.